The number of hydrogen-bond acceptors (Lipinski definition) is 5. The number of esters is 1. The van der Waals surface area contributed by atoms with E-state index >= 15 is 0 Å². The number of aliphatic hydroxyl groups excluding tert-OH is 2. The van der Waals surface area contributed by atoms with E-state index in [9.17, 15) is 19.8 Å². The quantitative estimate of drug-likeness (QED) is 0.0322. The van der Waals surface area contributed by atoms with Gasteiger partial charge < -0.3 is 20.3 Å². The molecule has 0 rings (SSSR count). The van der Waals surface area contributed by atoms with E-state index in [4.69, 9.17) is 4.74 Å². The van der Waals surface area contributed by atoms with Crippen LogP contribution in [0, 0.1) is 0 Å². The SMILES string of the molecule is CCCCC/C=C\C/C=C\C/C=C\CCCCCCC(=O)OC(CCCCCCCCCCCCCCCC)CC(=O)NC(CO)C(O)CCCCCCCCCCCCC. The summed E-state index contributed by atoms with van der Waals surface area (Å²) in [6.45, 7) is 6.46. The number of hydrogen-bond donors (Lipinski definition) is 3. The van der Waals surface area contributed by atoms with Crippen molar-refractivity contribution in [2.45, 2.75) is 296 Å². The van der Waals surface area contributed by atoms with Crippen LogP contribution in [-0.2, 0) is 14.3 Å². The van der Waals surface area contributed by atoms with Gasteiger partial charge in [-0.25, -0.2) is 0 Å². The van der Waals surface area contributed by atoms with E-state index in [0.717, 1.165) is 77.0 Å². The molecule has 0 aromatic heterocycles. The van der Waals surface area contributed by atoms with Gasteiger partial charge in [0, 0.05) is 6.42 Å². The van der Waals surface area contributed by atoms with Crippen LogP contribution in [0.4, 0.5) is 0 Å². The Bertz CT molecular complexity index is 1010. The normalized spacial score (nSPS) is 13.5. The number of rotatable bonds is 48. The number of carbonyl (C=O) groups is 2. The summed E-state index contributed by atoms with van der Waals surface area (Å²) in [5, 5.41) is 23.8. The van der Waals surface area contributed by atoms with Crippen LogP contribution in [-0.4, -0.2) is 46.9 Å². The lowest BCUT2D eigenvalue weighted by molar-refractivity contribution is -0.151. The number of ether oxygens (including phenoxy) is 1. The van der Waals surface area contributed by atoms with Crippen LogP contribution in [0.3, 0.4) is 0 Å². The fraction of sp³-hybridized carbons (Fsp3) is 0.855. The molecule has 61 heavy (non-hydrogen) atoms. The first-order valence-electron chi connectivity index (χ1n) is 26.7. The number of unbranched alkanes of at least 4 members (excludes halogenated alkanes) is 30. The third kappa shape index (κ3) is 44.5. The first-order chi connectivity index (χ1) is 30.0. The molecule has 0 aliphatic heterocycles. The molecule has 0 bridgehead atoms. The Morgan fingerprint density at radius 3 is 1.30 bits per heavy atom. The zero-order valence-electron chi connectivity index (χ0n) is 40.8. The molecule has 0 saturated carbocycles. The van der Waals surface area contributed by atoms with Gasteiger partial charge in [-0.05, 0) is 64.2 Å². The lowest BCUT2D eigenvalue weighted by Gasteiger charge is -2.24. The topological polar surface area (TPSA) is 95.9 Å². The van der Waals surface area contributed by atoms with Crippen LogP contribution in [0.5, 0.6) is 0 Å². The maximum Gasteiger partial charge on any atom is 0.306 e. The van der Waals surface area contributed by atoms with Crippen molar-refractivity contribution in [3.05, 3.63) is 36.5 Å². The highest BCUT2D eigenvalue weighted by Crippen LogP contribution is 2.18. The van der Waals surface area contributed by atoms with Gasteiger partial charge in [0.2, 0.25) is 5.91 Å². The molecule has 0 fully saturated rings. The van der Waals surface area contributed by atoms with E-state index < -0.39 is 18.2 Å². The third-order valence-electron chi connectivity index (χ3n) is 12.2. The predicted octanol–water partition coefficient (Wildman–Crippen LogP) is 16.1. The molecule has 0 saturated heterocycles. The molecule has 0 spiro atoms. The van der Waals surface area contributed by atoms with Crippen molar-refractivity contribution in [1.29, 1.82) is 0 Å². The van der Waals surface area contributed by atoms with E-state index in [1.165, 1.54) is 154 Å². The Morgan fingerprint density at radius 2 is 0.836 bits per heavy atom. The summed E-state index contributed by atoms with van der Waals surface area (Å²) in [4.78, 5) is 26.2. The Morgan fingerprint density at radius 1 is 0.475 bits per heavy atom. The van der Waals surface area contributed by atoms with E-state index in [1.54, 1.807) is 0 Å². The maximum atomic E-state index is 13.2. The number of amides is 1. The molecular formula is C55H103NO5. The minimum Gasteiger partial charge on any atom is -0.462 e. The van der Waals surface area contributed by atoms with Crippen molar-refractivity contribution >= 4 is 11.9 Å². The molecule has 1 amide bonds. The van der Waals surface area contributed by atoms with Crippen LogP contribution in [0.1, 0.15) is 278 Å². The van der Waals surface area contributed by atoms with Crippen molar-refractivity contribution in [2.75, 3.05) is 6.61 Å². The second-order valence-corrected chi connectivity index (χ2v) is 18.3. The molecular weight excluding hydrogens is 755 g/mol. The summed E-state index contributed by atoms with van der Waals surface area (Å²) in [6.07, 6.45) is 57.7. The van der Waals surface area contributed by atoms with Gasteiger partial charge in [0.1, 0.15) is 6.10 Å². The summed E-state index contributed by atoms with van der Waals surface area (Å²) in [6, 6.07) is -0.702. The summed E-state index contributed by atoms with van der Waals surface area (Å²) in [7, 11) is 0. The van der Waals surface area contributed by atoms with Gasteiger partial charge >= 0.3 is 5.97 Å². The van der Waals surface area contributed by atoms with E-state index in [2.05, 4.69) is 62.5 Å². The van der Waals surface area contributed by atoms with Gasteiger partial charge in [-0.3, -0.25) is 9.59 Å². The Hall–Kier alpha value is -1.92. The largest absolute Gasteiger partial charge is 0.462 e. The van der Waals surface area contributed by atoms with Crippen molar-refractivity contribution in [1.82, 2.24) is 5.32 Å². The first-order valence-corrected chi connectivity index (χ1v) is 26.7. The smallest absolute Gasteiger partial charge is 0.306 e. The predicted molar refractivity (Wildman–Crippen MR) is 264 cm³/mol. The van der Waals surface area contributed by atoms with Crippen molar-refractivity contribution < 1.29 is 24.5 Å². The van der Waals surface area contributed by atoms with Crippen molar-refractivity contribution in [3.63, 3.8) is 0 Å². The monoisotopic (exact) mass is 858 g/mol. The van der Waals surface area contributed by atoms with Crippen LogP contribution in [0.2, 0.25) is 0 Å². The number of allylic oxidation sites excluding steroid dienone is 6. The average Bonchev–Trinajstić information content (AvgIpc) is 3.25. The van der Waals surface area contributed by atoms with Gasteiger partial charge in [0.05, 0.1) is 25.2 Å². The summed E-state index contributed by atoms with van der Waals surface area (Å²) in [5.41, 5.74) is 0. The Kier molecular flexibility index (Phi) is 47.6. The molecule has 6 heteroatoms. The second-order valence-electron chi connectivity index (χ2n) is 18.3. The number of carbonyl (C=O) groups excluding carboxylic acids is 2. The van der Waals surface area contributed by atoms with Gasteiger partial charge in [0.25, 0.3) is 0 Å². The van der Waals surface area contributed by atoms with Crippen LogP contribution in [0.25, 0.3) is 0 Å². The molecule has 3 N–H and O–H groups in total. The minimum absolute atomic E-state index is 0.0725. The fourth-order valence-electron chi connectivity index (χ4n) is 8.14. The third-order valence-corrected chi connectivity index (χ3v) is 12.2. The number of nitrogens with one attached hydrogen (secondary N) is 1. The van der Waals surface area contributed by atoms with E-state index in [1.807, 2.05) is 0 Å². The van der Waals surface area contributed by atoms with Gasteiger partial charge in [-0.2, -0.15) is 0 Å². The molecule has 0 heterocycles. The molecule has 0 aromatic rings. The van der Waals surface area contributed by atoms with Crippen molar-refractivity contribution in [3.8, 4) is 0 Å². The lowest BCUT2D eigenvalue weighted by atomic mass is 10.0. The zero-order chi connectivity index (χ0) is 44.5. The van der Waals surface area contributed by atoms with E-state index in [0.29, 0.717) is 19.3 Å². The highest BCUT2D eigenvalue weighted by atomic mass is 16.5. The fourth-order valence-corrected chi connectivity index (χ4v) is 8.14. The Labute approximate surface area is 379 Å². The molecule has 0 aliphatic carbocycles. The lowest BCUT2D eigenvalue weighted by Crippen LogP contribution is -2.46. The van der Waals surface area contributed by atoms with Gasteiger partial charge in [-0.1, -0.05) is 237 Å². The standard InChI is InChI=1S/C55H103NO5/c1-4-7-10-13-16-19-22-24-26-27-28-30-33-36-39-42-45-48-55(60)61-51(46-43-40-37-34-32-29-25-23-20-17-14-11-8-5-2)49-54(59)56-52(50-57)53(58)47-44-41-38-35-31-21-18-15-12-9-6-3/h16,19,24,26,28,30,51-53,57-58H,4-15,17-18,20-23,25,27,29,31-50H2,1-3H3,(H,56,59)/b19-16-,26-24-,30-28-. The summed E-state index contributed by atoms with van der Waals surface area (Å²) < 4.78 is 5.94. The number of aliphatic hydroxyl groups is 2. The highest BCUT2D eigenvalue weighted by molar-refractivity contribution is 5.77. The van der Waals surface area contributed by atoms with Crippen molar-refractivity contribution in [2.24, 2.45) is 0 Å². The second kappa shape index (κ2) is 49.1. The van der Waals surface area contributed by atoms with Crippen LogP contribution in [0.15, 0.2) is 36.5 Å². The molecule has 0 aromatic carbocycles. The molecule has 0 radical (unpaired) electrons. The summed E-state index contributed by atoms with van der Waals surface area (Å²) >= 11 is 0. The Balaban J connectivity index is 4.59. The molecule has 0 aliphatic rings. The van der Waals surface area contributed by atoms with Gasteiger partial charge in [-0.15, -0.1) is 0 Å². The van der Waals surface area contributed by atoms with Gasteiger partial charge in [0.15, 0.2) is 0 Å². The maximum absolute atomic E-state index is 13.2. The zero-order valence-corrected chi connectivity index (χ0v) is 40.8. The highest BCUT2D eigenvalue weighted by Gasteiger charge is 2.24. The molecule has 3 atom stereocenters. The average molecular weight is 858 g/mol. The first kappa shape index (κ1) is 59.1. The molecule has 358 valence electrons. The van der Waals surface area contributed by atoms with Crippen LogP contribution < -0.4 is 5.32 Å². The van der Waals surface area contributed by atoms with E-state index in [-0.39, 0.29) is 24.9 Å². The molecule has 6 nitrogen and oxygen atoms in total. The minimum atomic E-state index is -0.788. The summed E-state index contributed by atoms with van der Waals surface area (Å²) in [5.74, 6) is -0.487. The molecule has 3 unspecified atom stereocenters. The van der Waals surface area contributed by atoms with Crippen LogP contribution >= 0.6 is 0 Å².